The minimum Gasteiger partial charge on any atom is -0.334 e. The number of hydrogen-bond acceptors (Lipinski definition) is 2. The van der Waals surface area contributed by atoms with E-state index in [0.717, 1.165) is 27.7 Å². The summed E-state index contributed by atoms with van der Waals surface area (Å²) in [4.78, 5) is 19.4. The molecular formula is C25H25N3O. The molecule has 0 atom stereocenters. The first kappa shape index (κ1) is 18.9. The predicted octanol–water partition coefficient (Wildman–Crippen LogP) is 5.14. The summed E-state index contributed by atoms with van der Waals surface area (Å²) in [6, 6.07) is 24.7. The Morgan fingerprint density at radius 1 is 0.966 bits per heavy atom. The lowest BCUT2D eigenvalue weighted by atomic mass is 10.1. The second-order valence-electron chi connectivity index (χ2n) is 7.51. The third-order valence-electron chi connectivity index (χ3n) is 5.22. The van der Waals surface area contributed by atoms with Gasteiger partial charge in [-0.15, -0.1) is 0 Å². The molecule has 2 heterocycles. The van der Waals surface area contributed by atoms with E-state index in [1.807, 2.05) is 47.4 Å². The van der Waals surface area contributed by atoms with Gasteiger partial charge in [0.2, 0.25) is 5.91 Å². The van der Waals surface area contributed by atoms with Crippen LogP contribution in [-0.2, 0) is 17.9 Å². The van der Waals surface area contributed by atoms with Gasteiger partial charge >= 0.3 is 0 Å². The number of para-hydroxylation sites is 1. The molecule has 0 N–H and O–H groups in total. The van der Waals surface area contributed by atoms with Crippen LogP contribution < -0.4 is 0 Å². The van der Waals surface area contributed by atoms with Gasteiger partial charge in [-0.1, -0.05) is 48.5 Å². The molecule has 0 fully saturated rings. The van der Waals surface area contributed by atoms with Gasteiger partial charge in [0.1, 0.15) is 6.54 Å². The molecule has 1 amide bonds. The second kappa shape index (κ2) is 8.31. The minimum atomic E-state index is 0.107. The number of aromatic nitrogens is 2. The van der Waals surface area contributed by atoms with Crippen molar-refractivity contribution in [3.05, 3.63) is 90.8 Å². The van der Waals surface area contributed by atoms with Gasteiger partial charge in [0.05, 0.1) is 0 Å². The molecule has 4 rings (SSSR count). The lowest BCUT2D eigenvalue weighted by Crippen LogP contribution is -2.38. The van der Waals surface area contributed by atoms with E-state index < -0.39 is 0 Å². The largest absolute Gasteiger partial charge is 0.334 e. The Bertz CT molecular complexity index is 1100. The molecule has 0 unspecified atom stereocenters. The number of pyridine rings is 1. The van der Waals surface area contributed by atoms with E-state index in [2.05, 4.69) is 53.7 Å². The summed E-state index contributed by atoms with van der Waals surface area (Å²) < 4.78 is 2.13. The van der Waals surface area contributed by atoms with Gasteiger partial charge in [0.25, 0.3) is 0 Å². The van der Waals surface area contributed by atoms with Crippen LogP contribution in [0.5, 0.6) is 0 Å². The van der Waals surface area contributed by atoms with Crippen LogP contribution in [-0.4, -0.2) is 26.4 Å². The fraction of sp³-hybridized carbons (Fsp3) is 0.200. The van der Waals surface area contributed by atoms with E-state index >= 15 is 0 Å². The zero-order valence-electron chi connectivity index (χ0n) is 16.8. The Hall–Kier alpha value is -3.40. The van der Waals surface area contributed by atoms with Crippen molar-refractivity contribution in [3.63, 3.8) is 0 Å². The highest BCUT2D eigenvalue weighted by Gasteiger charge is 2.20. The molecule has 4 aromatic rings. The van der Waals surface area contributed by atoms with Crippen LogP contribution in [0.15, 0.2) is 85.2 Å². The highest BCUT2D eigenvalue weighted by Crippen LogP contribution is 2.28. The molecule has 0 spiro atoms. The van der Waals surface area contributed by atoms with Gasteiger partial charge in [0, 0.05) is 41.6 Å². The quantitative estimate of drug-likeness (QED) is 0.462. The number of rotatable bonds is 6. The van der Waals surface area contributed by atoms with Crippen LogP contribution >= 0.6 is 0 Å². The summed E-state index contributed by atoms with van der Waals surface area (Å²) in [5, 5.41) is 1.14. The smallest absolute Gasteiger partial charge is 0.243 e. The number of carbonyl (C=O) groups is 1. The Morgan fingerprint density at radius 2 is 1.66 bits per heavy atom. The zero-order chi connectivity index (χ0) is 20.2. The third-order valence-corrected chi connectivity index (χ3v) is 5.22. The van der Waals surface area contributed by atoms with E-state index in [-0.39, 0.29) is 11.9 Å². The molecule has 0 aliphatic heterocycles. The maximum atomic E-state index is 13.4. The number of nitrogens with zero attached hydrogens (tertiary/aromatic N) is 3. The van der Waals surface area contributed by atoms with E-state index in [0.29, 0.717) is 13.1 Å². The van der Waals surface area contributed by atoms with Crippen LogP contribution in [0.4, 0.5) is 0 Å². The van der Waals surface area contributed by atoms with Gasteiger partial charge in [0.15, 0.2) is 0 Å². The molecule has 0 saturated heterocycles. The monoisotopic (exact) mass is 383 g/mol. The molecule has 4 heteroatoms. The first-order chi connectivity index (χ1) is 14.1. The molecule has 0 aliphatic carbocycles. The van der Waals surface area contributed by atoms with E-state index in [1.54, 1.807) is 12.4 Å². The van der Waals surface area contributed by atoms with Crippen LogP contribution in [0.2, 0.25) is 0 Å². The molecular weight excluding hydrogens is 358 g/mol. The summed E-state index contributed by atoms with van der Waals surface area (Å²) in [5.41, 5.74) is 4.34. The number of hydrogen-bond donors (Lipinski definition) is 0. The van der Waals surface area contributed by atoms with Crippen molar-refractivity contribution in [1.82, 2.24) is 14.5 Å². The van der Waals surface area contributed by atoms with Crippen LogP contribution in [0.3, 0.4) is 0 Å². The summed E-state index contributed by atoms with van der Waals surface area (Å²) in [7, 11) is 0. The summed E-state index contributed by atoms with van der Waals surface area (Å²) >= 11 is 0. The Labute approximate surface area is 171 Å². The molecule has 0 bridgehead atoms. The number of amides is 1. The lowest BCUT2D eigenvalue weighted by Gasteiger charge is -2.27. The van der Waals surface area contributed by atoms with Gasteiger partial charge in [-0.3, -0.25) is 9.78 Å². The highest BCUT2D eigenvalue weighted by atomic mass is 16.2. The average Bonchev–Trinajstić information content (AvgIpc) is 3.11. The maximum Gasteiger partial charge on any atom is 0.243 e. The van der Waals surface area contributed by atoms with Crippen molar-refractivity contribution in [1.29, 1.82) is 0 Å². The fourth-order valence-electron chi connectivity index (χ4n) is 3.70. The van der Waals surface area contributed by atoms with Gasteiger partial charge < -0.3 is 9.47 Å². The zero-order valence-corrected chi connectivity index (χ0v) is 16.8. The molecule has 0 radical (unpaired) electrons. The van der Waals surface area contributed by atoms with E-state index in [4.69, 9.17) is 0 Å². The van der Waals surface area contributed by atoms with Crippen molar-refractivity contribution >= 4 is 16.8 Å². The lowest BCUT2D eigenvalue weighted by molar-refractivity contribution is -0.134. The first-order valence-electron chi connectivity index (χ1n) is 9.95. The van der Waals surface area contributed by atoms with Crippen LogP contribution in [0, 0.1) is 0 Å². The Kier molecular flexibility index (Phi) is 5.43. The molecule has 29 heavy (non-hydrogen) atoms. The molecule has 0 aliphatic rings. The van der Waals surface area contributed by atoms with Gasteiger partial charge in [-0.2, -0.15) is 0 Å². The summed E-state index contributed by atoms with van der Waals surface area (Å²) in [6.45, 7) is 5.01. The van der Waals surface area contributed by atoms with Crippen molar-refractivity contribution in [2.75, 3.05) is 0 Å². The van der Waals surface area contributed by atoms with Crippen molar-refractivity contribution in [3.8, 4) is 11.3 Å². The Balaban J connectivity index is 1.69. The maximum absolute atomic E-state index is 13.4. The molecule has 0 saturated carbocycles. The van der Waals surface area contributed by atoms with Crippen LogP contribution in [0.1, 0.15) is 19.4 Å². The normalized spacial score (nSPS) is 11.1. The summed E-state index contributed by atoms with van der Waals surface area (Å²) in [5.74, 6) is 0.107. The minimum absolute atomic E-state index is 0.107. The third kappa shape index (κ3) is 4.06. The number of fused-ring (bicyclic) bond motifs is 1. The standard InChI is InChI=1S/C25H25N3O/c1-19(2)27(17-20-12-14-26-15-13-20)25(29)18-28-23-11-7-6-10-22(23)16-24(28)21-8-4-3-5-9-21/h3-16,19H,17-18H2,1-2H3. The Morgan fingerprint density at radius 3 is 2.38 bits per heavy atom. The molecule has 146 valence electrons. The summed E-state index contributed by atoms with van der Waals surface area (Å²) in [6.07, 6.45) is 3.54. The average molecular weight is 383 g/mol. The van der Waals surface area contributed by atoms with Gasteiger partial charge in [-0.05, 0) is 49.2 Å². The molecule has 2 aromatic carbocycles. The van der Waals surface area contributed by atoms with Crippen molar-refractivity contribution < 1.29 is 4.79 Å². The SMILES string of the molecule is CC(C)N(Cc1ccncc1)C(=O)Cn1c(-c2ccccc2)cc2ccccc21. The first-order valence-corrected chi connectivity index (χ1v) is 9.95. The second-order valence-corrected chi connectivity index (χ2v) is 7.51. The van der Waals surface area contributed by atoms with Gasteiger partial charge in [-0.25, -0.2) is 0 Å². The van der Waals surface area contributed by atoms with E-state index in [9.17, 15) is 4.79 Å². The van der Waals surface area contributed by atoms with Crippen molar-refractivity contribution in [2.45, 2.75) is 33.0 Å². The van der Waals surface area contributed by atoms with E-state index in [1.165, 1.54) is 0 Å². The van der Waals surface area contributed by atoms with Crippen molar-refractivity contribution in [2.24, 2.45) is 0 Å². The number of benzene rings is 2. The molecule has 2 aromatic heterocycles. The molecule has 4 nitrogen and oxygen atoms in total. The number of carbonyl (C=O) groups excluding carboxylic acids is 1. The fourth-order valence-corrected chi connectivity index (χ4v) is 3.70. The topological polar surface area (TPSA) is 38.1 Å². The predicted molar refractivity (Wildman–Crippen MR) is 117 cm³/mol. The van der Waals surface area contributed by atoms with Crippen LogP contribution in [0.25, 0.3) is 22.2 Å². The highest BCUT2D eigenvalue weighted by molar-refractivity contribution is 5.89.